The van der Waals surface area contributed by atoms with Crippen molar-refractivity contribution < 1.29 is 5.11 Å². The number of nitriles is 1. The van der Waals surface area contributed by atoms with Gasteiger partial charge in [0.15, 0.2) is 0 Å². The van der Waals surface area contributed by atoms with Crippen molar-refractivity contribution in [2.75, 3.05) is 12.4 Å². The quantitative estimate of drug-likeness (QED) is 0.620. The van der Waals surface area contributed by atoms with Gasteiger partial charge in [0.25, 0.3) is 0 Å². The zero-order chi connectivity index (χ0) is 12.7. The molecule has 0 aliphatic carbocycles. The third kappa shape index (κ3) is 3.99. The first-order chi connectivity index (χ1) is 8.20. The fourth-order valence-corrected chi connectivity index (χ4v) is 2.36. The van der Waals surface area contributed by atoms with Gasteiger partial charge in [-0.1, -0.05) is 6.42 Å². The Kier molecular flexibility index (Phi) is 5.95. The van der Waals surface area contributed by atoms with Gasteiger partial charge in [-0.05, 0) is 38.0 Å². The van der Waals surface area contributed by atoms with Crippen LogP contribution in [-0.2, 0) is 0 Å². The molecule has 0 bridgehead atoms. The molecule has 0 amide bonds. The number of aliphatic hydroxyl groups excluding tert-OH is 1. The van der Waals surface area contributed by atoms with Gasteiger partial charge in [0.2, 0.25) is 0 Å². The van der Waals surface area contributed by atoms with Crippen LogP contribution in [0, 0.1) is 25.2 Å². The van der Waals surface area contributed by atoms with Crippen LogP contribution in [0.15, 0.2) is 5.03 Å². The highest BCUT2D eigenvalue weighted by Gasteiger charge is 2.10. The number of rotatable bonds is 6. The molecule has 1 heterocycles. The van der Waals surface area contributed by atoms with E-state index in [2.05, 4.69) is 16.3 Å². The van der Waals surface area contributed by atoms with E-state index in [-0.39, 0.29) is 6.61 Å². The number of aromatic nitrogens is 2. The van der Waals surface area contributed by atoms with Crippen molar-refractivity contribution in [1.29, 1.82) is 5.26 Å². The smallest absolute Gasteiger partial charge is 0.137 e. The Balaban J connectivity index is 2.60. The summed E-state index contributed by atoms with van der Waals surface area (Å²) in [6, 6.07) is 2.19. The van der Waals surface area contributed by atoms with Gasteiger partial charge in [0.05, 0.1) is 11.3 Å². The predicted octanol–water partition coefficient (Wildman–Crippen LogP) is 2.22. The Morgan fingerprint density at radius 2 is 2.00 bits per heavy atom. The number of aliphatic hydroxyl groups is 1. The molecule has 1 rings (SSSR count). The Morgan fingerprint density at radius 1 is 1.24 bits per heavy atom. The molecular weight excluding hydrogens is 234 g/mol. The summed E-state index contributed by atoms with van der Waals surface area (Å²) in [5.41, 5.74) is 2.37. The summed E-state index contributed by atoms with van der Waals surface area (Å²) in [4.78, 5) is 0. The first-order valence-electron chi connectivity index (χ1n) is 5.68. The van der Waals surface area contributed by atoms with Crippen molar-refractivity contribution in [3.63, 3.8) is 0 Å². The maximum Gasteiger partial charge on any atom is 0.137 e. The lowest BCUT2D eigenvalue weighted by Gasteiger charge is -2.06. The minimum atomic E-state index is 0.248. The molecule has 0 saturated heterocycles. The minimum absolute atomic E-state index is 0.248. The van der Waals surface area contributed by atoms with Crippen molar-refractivity contribution in [2.24, 2.45) is 0 Å². The van der Waals surface area contributed by atoms with Crippen LogP contribution >= 0.6 is 11.8 Å². The van der Waals surface area contributed by atoms with Crippen molar-refractivity contribution >= 4 is 11.8 Å². The second kappa shape index (κ2) is 7.25. The van der Waals surface area contributed by atoms with E-state index >= 15 is 0 Å². The maximum atomic E-state index is 9.10. The molecule has 1 aromatic rings. The molecule has 1 aromatic heterocycles. The SMILES string of the molecule is Cc1nnc(SCCCCCO)c(C#N)c1C. The molecule has 0 aliphatic rings. The largest absolute Gasteiger partial charge is 0.396 e. The molecule has 0 saturated carbocycles. The summed E-state index contributed by atoms with van der Waals surface area (Å²) in [5, 5.41) is 26.6. The van der Waals surface area contributed by atoms with Crippen LogP contribution in [0.2, 0.25) is 0 Å². The van der Waals surface area contributed by atoms with E-state index in [9.17, 15) is 0 Å². The fraction of sp³-hybridized carbons (Fsp3) is 0.583. The Morgan fingerprint density at radius 3 is 2.65 bits per heavy atom. The third-order valence-electron chi connectivity index (χ3n) is 2.58. The van der Waals surface area contributed by atoms with Gasteiger partial charge in [-0.3, -0.25) is 0 Å². The Hall–Kier alpha value is -1.12. The number of thioether (sulfide) groups is 1. The van der Waals surface area contributed by atoms with E-state index in [0.717, 1.165) is 41.3 Å². The van der Waals surface area contributed by atoms with Crippen LogP contribution in [0.1, 0.15) is 36.1 Å². The fourth-order valence-electron chi connectivity index (χ4n) is 1.38. The molecule has 0 unspecified atom stereocenters. The van der Waals surface area contributed by atoms with Gasteiger partial charge in [0.1, 0.15) is 11.1 Å². The van der Waals surface area contributed by atoms with Crippen LogP contribution in [0.25, 0.3) is 0 Å². The lowest BCUT2D eigenvalue weighted by Crippen LogP contribution is -1.99. The van der Waals surface area contributed by atoms with Gasteiger partial charge in [-0.25, -0.2) is 0 Å². The molecule has 0 atom stereocenters. The highest BCUT2D eigenvalue weighted by molar-refractivity contribution is 7.99. The first kappa shape index (κ1) is 13.9. The molecule has 0 radical (unpaired) electrons. The standard InChI is InChI=1S/C12H17N3OS/c1-9-10(2)14-15-12(11(9)8-13)17-7-5-3-4-6-16/h16H,3-7H2,1-2H3. The van der Waals surface area contributed by atoms with Gasteiger partial charge in [0, 0.05) is 6.61 Å². The molecule has 1 N–H and O–H groups in total. The van der Waals surface area contributed by atoms with Crippen LogP contribution in [0.4, 0.5) is 0 Å². The van der Waals surface area contributed by atoms with Gasteiger partial charge in [-0.15, -0.1) is 16.9 Å². The summed E-state index contributed by atoms with van der Waals surface area (Å²) >= 11 is 1.57. The summed E-state index contributed by atoms with van der Waals surface area (Å²) in [7, 11) is 0. The molecule has 0 aliphatic heterocycles. The summed E-state index contributed by atoms with van der Waals surface area (Å²) < 4.78 is 0. The maximum absolute atomic E-state index is 9.10. The highest BCUT2D eigenvalue weighted by Crippen LogP contribution is 2.23. The van der Waals surface area contributed by atoms with Gasteiger partial charge >= 0.3 is 0 Å². The Bertz CT molecular complexity index is 415. The van der Waals surface area contributed by atoms with E-state index < -0.39 is 0 Å². The molecular formula is C12H17N3OS. The molecule has 17 heavy (non-hydrogen) atoms. The van der Waals surface area contributed by atoms with E-state index in [1.54, 1.807) is 11.8 Å². The van der Waals surface area contributed by atoms with E-state index in [0.29, 0.717) is 5.56 Å². The molecule has 0 spiro atoms. The number of hydrogen-bond donors (Lipinski definition) is 1. The predicted molar refractivity (Wildman–Crippen MR) is 67.9 cm³/mol. The Labute approximate surface area is 106 Å². The summed E-state index contributed by atoms with van der Waals surface area (Å²) in [6.45, 7) is 4.01. The number of nitrogens with zero attached hydrogens (tertiary/aromatic N) is 3. The van der Waals surface area contributed by atoms with Gasteiger partial charge < -0.3 is 5.11 Å². The number of unbranched alkanes of at least 4 members (excludes halogenated alkanes) is 2. The topological polar surface area (TPSA) is 69.8 Å². The van der Waals surface area contributed by atoms with Gasteiger partial charge in [-0.2, -0.15) is 10.4 Å². The summed E-state index contributed by atoms with van der Waals surface area (Å²) in [6.07, 6.45) is 2.86. The highest BCUT2D eigenvalue weighted by atomic mass is 32.2. The summed E-state index contributed by atoms with van der Waals surface area (Å²) in [5.74, 6) is 0.909. The number of hydrogen-bond acceptors (Lipinski definition) is 5. The van der Waals surface area contributed by atoms with Crippen LogP contribution in [0.3, 0.4) is 0 Å². The van der Waals surface area contributed by atoms with Crippen molar-refractivity contribution in [1.82, 2.24) is 10.2 Å². The lowest BCUT2D eigenvalue weighted by molar-refractivity contribution is 0.284. The van der Waals surface area contributed by atoms with Crippen molar-refractivity contribution in [3.05, 3.63) is 16.8 Å². The molecule has 92 valence electrons. The molecule has 4 nitrogen and oxygen atoms in total. The molecule has 5 heteroatoms. The van der Waals surface area contributed by atoms with Crippen molar-refractivity contribution in [2.45, 2.75) is 38.1 Å². The van der Waals surface area contributed by atoms with Crippen LogP contribution in [0.5, 0.6) is 0 Å². The van der Waals surface area contributed by atoms with E-state index in [1.165, 1.54) is 0 Å². The van der Waals surface area contributed by atoms with Crippen LogP contribution in [-0.4, -0.2) is 27.7 Å². The minimum Gasteiger partial charge on any atom is -0.396 e. The average Bonchev–Trinajstić information content (AvgIpc) is 2.33. The second-order valence-corrected chi connectivity index (χ2v) is 4.92. The third-order valence-corrected chi connectivity index (χ3v) is 3.63. The molecule has 0 aromatic carbocycles. The normalized spacial score (nSPS) is 10.2. The van der Waals surface area contributed by atoms with E-state index in [1.807, 2.05) is 13.8 Å². The monoisotopic (exact) mass is 251 g/mol. The van der Waals surface area contributed by atoms with E-state index in [4.69, 9.17) is 10.4 Å². The number of aryl methyl sites for hydroxylation is 1. The lowest BCUT2D eigenvalue weighted by atomic mass is 10.1. The zero-order valence-corrected chi connectivity index (χ0v) is 11.0. The first-order valence-corrected chi connectivity index (χ1v) is 6.67. The van der Waals surface area contributed by atoms with Crippen LogP contribution < -0.4 is 0 Å². The zero-order valence-electron chi connectivity index (χ0n) is 10.2. The average molecular weight is 251 g/mol. The van der Waals surface area contributed by atoms with Crippen molar-refractivity contribution in [3.8, 4) is 6.07 Å². The molecule has 0 fully saturated rings. The second-order valence-electron chi connectivity index (χ2n) is 3.84.